The van der Waals surface area contributed by atoms with E-state index in [1.54, 1.807) is 0 Å². The first-order chi connectivity index (χ1) is 3.73. The van der Waals surface area contributed by atoms with E-state index in [0.717, 1.165) is 0 Å². The van der Waals surface area contributed by atoms with Gasteiger partial charge in [-0.2, -0.15) is 8.42 Å². The Hall–Kier alpha value is 1.18. The van der Waals surface area contributed by atoms with Crippen molar-refractivity contribution in [2.24, 2.45) is 0 Å². The van der Waals surface area contributed by atoms with E-state index in [1.807, 2.05) is 0 Å². The summed E-state index contributed by atoms with van der Waals surface area (Å²) in [5, 5.41) is 7.87. The molecule has 0 amide bonds. The van der Waals surface area contributed by atoms with Crippen LogP contribution in [0.15, 0.2) is 0 Å². The van der Waals surface area contributed by atoms with Crippen molar-refractivity contribution in [2.45, 2.75) is 12.4 Å². The zero-order valence-corrected chi connectivity index (χ0v) is 9.18. The molecular weight excluding hydrogens is 191 g/mol. The van der Waals surface area contributed by atoms with Gasteiger partial charge in [-0.15, -0.1) is 0 Å². The zero-order valence-electron chi connectivity index (χ0n) is 5.55. The van der Waals surface area contributed by atoms with Crippen molar-refractivity contribution >= 4 is 23.0 Å². The standard InChI is InChI=1S/C2H6OS.Na.H2O4S/c1-2(3)4;;1-5(2,3)4/h2-4H,1H3;;(H2,1,2,3,4)/q;+1;/p-1. The molecule has 3 N–H and O–H groups in total. The first-order valence-electron chi connectivity index (χ1n) is 1.77. The fraction of sp³-hybridized carbons (Fsp3) is 1.00. The SMILES string of the molecule is CC(O)[S-].O=S(=O)(O)O.[Na+]. The van der Waals surface area contributed by atoms with Crippen molar-refractivity contribution in [1.82, 2.24) is 0 Å². The minimum atomic E-state index is -4.67. The summed E-state index contributed by atoms with van der Waals surface area (Å²) < 4.78 is 31.6. The van der Waals surface area contributed by atoms with Gasteiger partial charge in [0.15, 0.2) is 0 Å². The Morgan fingerprint density at radius 2 is 1.40 bits per heavy atom. The largest absolute Gasteiger partial charge is 1.00 e. The number of hydrogen-bond donors (Lipinski definition) is 3. The van der Waals surface area contributed by atoms with Crippen molar-refractivity contribution in [3.8, 4) is 0 Å². The smallest absolute Gasteiger partial charge is 0.762 e. The van der Waals surface area contributed by atoms with Crippen LogP contribution >= 0.6 is 0 Å². The summed E-state index contributed by atoms with van der Waals surface area (Å²) in [7, 11) is -4.67. The van der Waals surface area contributed by atoms with E-state index in [9.17, 15) is 0 Å². The van der Waals surface area contributed by atoms with Crippen molar-refractivity contribution in [2.75, 3.05) is 0 Å². The molecule has 0 bridgehead atoms. The van der Waals surface area contributed by atoms with Gasteiger partial charge in [-0.25, -0.2) is 0 Å². The van der Waals surface area contributed by atoms with Crippen molar-refractivity contribution in [1.29, 1.82) is 0 Å². The average Bonchev–Trinajstić information content (AvgIpc) is 1.19. The Balaban J connectivity index is -0.0000000910. The van der Waals surface area contributed by atoms with E-state index in [-0.39, 0.29) is 29.6 Å². The molecule has 5 nitrogen and oxygen atoms in total. The fourth-order valence-electron chi connectivity index (χ4n) is 0. The molecule has 0 aliphatic heterocycles. The molecule has 0 aromatic heterocycles. The average molecular weight is 198 g/mol. The second-order valence-electron chi connectivity index (χ2n) is 1.05. The molecule has 0 aromatic rings. The molecule has 8 heteroatoms. The Kier molecular flexibility index (Phi) is 14.3. The number of aliphatic hydroxyl groups excluding tert-OH is 1. The van der Waals surface area contributed by atoms with Crippen LogP contribution in [0.3, 0.4) is 0 Å². The van der Waals surface area contributed by atoms with E-state index >= 15 is 0 Å². The van der Waals surface area contributed by atoms with E-state index in [0.29, 0.717) is 0 Å². The summed E-state index contributed by atoms with van der Waals surface area (Å²) in [5.41, 5.74) is -0.583. The van der Waals surface area contributed by atoms with Crippen LogP contribution in [0.1, 0.15) is 6.92 Å². The summed E-state index contributed by atoms with van der Waals surface area (Å²) in [6, 6.07) is 0. The summed E-state index contributed by atoms with van der Waals surface area (Å²) >= 11 is 4.18. The molecule has 58 valence electrons. The van der Waals surface area contributed by atoms with Crippen LogP contribution in [0, 0.1) is 0 Å². The van der Waals surface area contributed by atoms with Crippen LogP contribution in [0.2, 0.25) is 0 Å². The maximum atomic E-state index is 8.74. The Morgan fingerprint density at radius 1 is 1.40 bits per heavy atom. The van der Waals surface area contributed by atoms with Crippen LogP contribution < -0.4 is 29.6 Å². The van der Waals surface area contributed by atoms with Gasteiger partial charge in [0.2, 0.25) is 0 Å². The normalized spacial score (nSPS) is 12.1. The molecule has 0 aliphatic carbocycles. The molecule has 1 unspecified atom stereocenters. The number of aliphatic hydroxyl groups is 1. The number of rotatable bonds is 0. The molecule has 0 spiro atoms. The minimum absolute atomic E-state index is 0. The van der Waals surface area contributed by atoms with E-state index in [1.165, 1.54) is 6.92 Å². The second-order valence-corrected chi connectivity index (χ2v) is 2.63. The van der Waals surface area contributed by atoms with Gasteiger partial charge in [0.05, 0.1) is 0 Å². The molecule has 0 saturated carbocycles. The van der Waals surface area contributed by atoms with Crippen LogP contribution in [0.25, 0.3) is 0 Å². The van der Waals surface area contributed by atoms with E-state index < -0.39 is 15.8 Å². The van der Waals surface area contributed by atoms with Crippen LogP contribution in [-0.4, -0.2) is 28.1 Å². The van der Waals surface area contributed by atoms with Gasteiger partial charge in [0, 0.05) is 0 Å². The summed E-state index contributed by atoms with van der Waals surface area (Å²) in [6.45, 7) is 1.54. The molecule has 0 fully saturated rings. The first-order valence-corrected chi connectivity index (χ1v) is 3.64. The van der Waals surface area contributed by atoms with Gasteiger partial charge in [-0.05, 0) is 0 Å². The molecule has 0 heterocycles. The molecule has 10 heavy (non-hydrogen) atoms. The third-order valence-corrected chi connectivity index (χ3v) is 0. The predicted octanol–water partition coefficient (Wildman–Crippen LogP) is -3.78. The van der Waals surface area contributed by atoms with Gasteiger partial charge < -0.3 is 17.7 Å². The predicted molar refractivity (Wildman–Crippen MR) is 33.2 cm³/mol. The van der Waals surface area contributed by atoms with Gasteiger partial charge in [0.25, 0.3) is 0 Å². The molecule has 0 aromatic carbocycles. The summed E-state index contributed by atoms with van der Waals surface area (Å²) in [4.78, 5) is 0. The maximum absolute atomic E-state index is 8.74. The Bertz CT molecular complexity index is 129. The molecule has 1 atom stereocenters. The molecule has 0 saturated heterocycles. The number of hydrogen-bond acceptors (Lipinski definition) is 4. The molecule has 0 radical (unpaired) electrons. The summed E-state index contributed by atoms with van der Waals surface area (Å²) in [6.07, 6.45) is 0. The van der Waals surface area contributed by atoms with Crippen molar-refractivity contribution in [3.63, 3.8) is 0 Å². The van der Waals surface area contributed by atoms with Gasteiger partial charge >= 0.3 is 40.0 Å². The second kappa shape index (κ2) is 8.28. The van der Waals surface area contributed by atoms with Gasteiger partial charge in [-0.1, -0.05) is 12.4 Å². The topological polar surface area (TPSA) is 94.8 Å². The third-order valence-electron chi connectivity index (χ3n) is 0. The molecule has 0 rings (SSSR count). The monoisotopic (exact) mass is 198 g/mol. The van der Waals surface area contributed by atoms with Crippen molar-refractivity contribution in [3.05, 3.63) is 0 Å². The van der Waals surface area contributed by atoms with E-state index in [2.05, 4.69) is 12.6 Å². The summed E-state index contributed by atoms with van der Waals surface area (Å²) in [5.74, 6) is 0. The van der Waals surface area contributed by atoms with Gasteiger partial charge in [-0.3, -0.25) is 9.11 Å². The van der Waals surface area contributed by atoms with E-state index in [4.69, 9.17) is 22.6 Å². The van der Waals surface area contributed by atoms with Crippen LogP contribution in [0.5, 0.6) is 0 Å². The maximum Gasteiger partial charge on any atom is 1.00 e. The Morgan fingerprint density at radius 3 is 1.40 bits per heavy atom. The Labute approximate surface area is 87.1 Å². The fourth-order valence-corrected chi connectivity index (χ4v) is 0. The van der Waals surface area contributed by atoms with Gasteiger partial charge in [0.1, 0.15) is 0 Å². The van der Waals surface area contributed by atoms with Crippen molar-refractivity contribution < 1.29 is 52.2 Å². The quantitative estimate of drug-likeness (QED) is 0.210. The minimum Gasteiger partial charge on any atom is -0.762 e. The van der Waals surface area contributed by atoms with Crippen LogP contribution in [-0.2, 0) is 23.0 Å². The van der Waals surface area contributed by atoms with Crippen LogP contribution in [0.4, 0.5) is 0 Å². The third kappa shape index (κ3) is 441. The first kappa shape index (κ1) is 17.3. The zero-order chi connectivity index (χ0) is 8.08. The molecule has 0 aliphatic rings. The molecular formula is C2H7NaO5S2.